The van der Waals surface area contributed by atoms with E-state index < -0.39 is 0 Å². The van der Waals surface area contributed by atoms with Gasteiger partial charge in [-0.1, -0.05) is 24.3 Å². The molecule has 2 aromatic rings. The highest BCUT2D eigenvalue weighted by atomic mass is 32.1. The van der Waals surface area contributed by atoms with Gasteiger partial charge in [0.15, 0.2) is 0 Å². The van der Waals surface area contributed by atoms with Crippen molar-refractivity contribution in [1.82, 2.24) is 15.1 Å². The van der Waals surface area contributed by atoms with Gasteiger partial charge in [0.05, 0.1) is 11.4 Å². The maximum atomic E-state index is 13.0. The molecule has 0 atom stereocenters. The summed E-state index contributed by atoms with van der Waals surface area (Å²) < 4.78 is 0. The Labute approximate surface area is 164 Å². The van der Waals surface area contributed by atoms with Crippen molar-refractivity contribution in [2.75, 3.05) is 39.3 Å². The SMILES string of the molecule is CCNC(=O)CN1CCN(C(=O)c2cc3c(s2)-c2ccccc2CC3)CC1. The second-order valence-electron chi connectivity index (χ2n) is 7.14. The predicted molar refractivity (Wildman–Crippen MR) is 108 cm³/mol. The van der Waals surface area contributed by atoms with E-state index in [1.807, 2.05) is 11.8 Å². The van der Waals surface area contributed by atoms with Crippen LogP contribution in [0.5, 0.6) is 0 Å². The number of aryl methyl sites for hydroxylation is 2. The van der Waals surface area contributed by atoms with Crippen molar-refractivity contribution in [1.29, 1.82) is 0 Å². The van der Waals surface area contributed by atoms with E-state index in [1.165, 1.54) is 21.6 Å². The van der Waals surface area contributed by atoms with Crippen LogP contribution in [0.3, 0.4) is 0 Å². The van der Waals surface area contributed by atoms with Crippen LogP contribution in [-0.2, 0) is 17.6 Å². The molecule has 142 valence electrons. The molecule has 2 heterocycles. The zero-order valence-corrected chi connectivity index (χ0v) is 16.5. The van der Waals surface area contributed by atoms with Gasteiger partial charge in [0.1, 0.15) is 0 Å². The number of hydrogen-bond acceptors (Lipinski definition) is 4. The Kier molecular flexibility index (Phi) is 5.27. The molecule has 0 radical (unpaired) electrons. The average Bonchev–Trinajstić information content (AvgIpc) is 3.13. The van der Waals surface area contributed by atoms with E-state index in [2.05, 4.69) is 40.5 Å². The Morgan fingerprint density at radius 2 is 1.81 bits per heavy atom. The van der Waals surface area contributed by atoms with Crippen LogP contribution in [0.2, 0.25) is 0 Å². The molecule has 6 heteroatoms. The second kappa shape index (κ2) is 7.82. The van der Waals surface area contributed by atoms with Crippen molar-refractivity contribution in [2.45, 2.75) is 19.8 Å². The summed E-state index contributed by atoms with van der Waals surface area (Å²) in [5.74, 6) is 0.186. The van der Waals surface area contributed by atoms with E-state index >= 15 is 0 Å². The third-order valence-electron chi connectivity index (χ3n) is 5.35. The van der Waals surface area contributed by atoms with Gasteiger partial charge in [-0.05, 0) is 42.5 Å². The van der Waals surface area contributed by atoms with Gasteiger partial charge in [-0.15, -0.1) is 11.3 Å². The topological polar surface area (TPSA) is 52.7 Å². The number of carbonyl (C=O) groups is 2. The first-order valence-electron chi connectivity index (χ1n) is 9.65. The van der Waals surface area contributed by atoms with Crippen LogP contribution >= 0.6 is 11.3 Å². The lowest BCUT2D eigenvalue weighted by Crippen LogP contribution is -2.51. The minimum absolute atomic E-state index is 0.0573. The molecule has 27 heavy (non-hydrogen) atoms. The molecule has 2 amide bonds. The number of carbonyl (C=O) groups excluding carboxylic acids is 2. The molecule has 0 bridgehead atoms. The molecule has 5 nitrogen and oxygen atoms in total. The van der Waals surface area contributed by atoms with Crippen LogP contribution in [0, 0.1) is 0 Å². The van der Waals surface area contributed by atoms with Crippen molar-refractivity contribution in [3.8, 4) is 10.4 Å². The second-order valence-corrected chi connectivity index (χ2v) is 8.20. The summed E-state index contributed by atoms with van der Waals surface area (Å²) in [5, 5.41) is 2.83. The lowest BCUT2D eigenvalue weighted by Gasteiger charge is -2.34. The van der Waals surface area contributed by atoms with Gasteiger partial charge in [-0.25, -0.2) is 0 Å². The molecule has 0 saturated carbocycles. The smallest absolute Gasteiger partial charge is 0.264 e. The first-order valence-corrected chi connectivity index (χ1v) is 10.5. The third kappa shape index (κ3) is 3.77. The number of likely N-dealkylation sites (N-methyl/N-ethyl adjacent to an activating group) is 1. The lowest BCUT2D eigenvalue weighted by molar-refractivity contribution is -0.122. The Hall–Kier alpha value is -2.18. The summed E-state index contributed by atoms with van der Waals surface area (Å²) in [6.45, 7) is 5.85. The molecule has 0 unspecified atom stereocenters. The van der Waals surface area contributed by atoms with Crippen molar-refractivity contribution < 1.29 is 9.59 Å². The number of fused-ring (bicyclic) bond motifs is 3. The number of rotatable bonds is 4. The standard InChI is InChI=1S/C21H25N3O2S/c1-2-22-19(25)14-23-9-11-24(12-10-23)21(26)18-13-16-8-7-15-5-3-4-6-17(15)20(16)27-18/h3-6,13H,2,7-12,14H2,1H3,(H,22,25). The van der Waals surface area contributed by atoms with Crippen LogP contribution in [0.25, 0.3) is 10.4 Å². The van der Waals surface area contributed by atoms with Crippen molar-refractivity contribution >= 4 is 23.2 Å². The number of nitrogens with one attached hydrogen (secondary N) is 1. The van der Waals surface area contributed by atoms with Crippen LogP contribution < -0.4 is 5.32 Å². The largest absolute Gasteiger partial charge is 0.355 e. The lowest BCUT2D eigenvalue weighted by atomic mass is 9.91. The minimum Gasteiger partial charge on any atom is -0.355 e. The number of piperazine rings is 1. The van der Waals surface area contributed by atoms with Gasteiger partial charge in [0.25, 0.3) is 5.91 Å². The van der Waals surface area contributed by atoms with Crippen molar-refractivity contribution in [3.05, 3.63) is 46.3 Å². The molecule has 1 aliphatic heterocycles. The molecular formula is C21H25N3O2S. The van der Waals surface area contributed by atoms with E-state index in [4.69, 9.17) is 0 Å². The monoisotopic (exact) mass is 383 g/mol. The minimum atomic E-state index is 0.0573. The highest BCUT2D eigenvalue weighted by molar-refractivity contribution is 7.17. The zero-order valence-electron chi connectivity index (χ0n) is 15.7. The number of nitrogens with zero attached hydrogens (tertiary/aromatic N) is 2. The summed E-state index contributed by atoms with van der Waals surface area (Å²) in [5.41, 5.74) is 3.97. The van der Waals surface area contributed by atoms with E-state index in [0.717, 1.165) is 30.8 Å². The molecular weight excluding hydrogens is 358 g/mol. The normalized spacial score (nSPS) is 16.6. The molecule has 1 aromatic carbocycles. The van der Waals surface area contributed by atoms with Crippen LogP contribution in [0.1, 0.15) is 27.7 Å². The van der Waals surface area contributed by atoms with Crippen molar-refractivity contribution in [3.63, 3.8) is 0 Å². The average molecular weight is 384 g/mol. The van der Waals surface area contributed by atoms with E-state index in [1.54, 1.807) is 11.3 Å². The van der Waals surface area contributed by atoms with Crippen molar-refractivity contribution in [2.24, 2.45) is 0 Å². The van der Waals surface area contributed by atoms with Gasteiger partial charge in [0.2, 0.25) is 5.91 Å². The predicted octanol–water partition coefficient (Wildman–Crippen LogP) is 2.41. The Bertz CT molecular complexity index is 853. The van der Waals surface area contributed by atoms with Crippen LogP contribution in [0.4, 0.5) is 0 Å². The summed E-state index contributed by atoms with van der Waals surface area (Å²) in [4.78, 5) is 30.9. The molecule has 1 fully saturated rings. The first-order chi connectivity index (χ1) is 13.2. The summed E-state index contributed by atoms with van der Waals surface area (Å²) in [6.07, 6.45) is 2.06. The Balaban J connectivity index is 1.42. The summed E-state index contributed by atoms with van der Waals surface area (Å²) in [7, 11) is 0. The number of hydrogen-bond donors (Lipinski definition) is 1. The Morgan fingerprint density at radius 3 is 2.59 bits per heavy atom. The maximum absolute atomic E-state index is 13.0. The maximum Gasteiger partial charge on any atom is 0.264 e. The first kappa shape index (κ1) is 18.2. The number of thiophene rings is 1. The van der Waals surface area contributed by atoms with Gasteiger partial charge < -0.3 is 10.2 Å². The molecule has 0 spiro atoms. The van der Waals surface area contributed by atoms with Crippen LogP contribution in [0.15, 0.2) is 30.3 Å². The van der Waals surface area contributed by atoms with Gasteiger partial charge in [0, 0.05) is 37.6 Å². The fraction of sp³-hybridized carbons (Fsp3) is 0.429. The van der Waals surface area contributed by atoms with Gasteiger partial charge in [-0.2, -0.15) is 0 Å². The number of amides is 2. The van der Waals surface area contributed by atoms with Gasteiger partial charge >= 0.3 is 0 Å². The fourth-order valence-corrected chi connectivity index (χ4v) is 5.14. The fourth-order valence-electron chi connectivity index (χ4n) is 3.90. The Morgan fingerprint density at radius 1 is 1.07 bits per heavy atom. The van der Waals surface area contributed by atoms with E-state index in [-0.39, 0.29) is 11.8 Å². The van der Waals surface area contributed by atoms with E-state index in [0.29, 0.717) is 26.2 Å². The summed E-state index contributed by atoms with van der Waals surface area (Å²) in [6, 6.07) is 10.6. The molecule has 4 rings (SSSR count). The zero-order chi connectivity index (χ0) is 18.8. The highest BCUT2D eigenvalue weighted by Gasteiger charge is 2.27. The molecule has 1 aromatic heterocycles. The molecule has 1 saturated heterocycles. The van der Waals surface area contributed by atoms with E-state index in [9.17, 15) is 9.59 Å². The van der Waals surface area contributed by atoms with Gasteiger partial charge in [-0.3, -0.25) is 14.5 Å². The molecule has 2 aliphatic rings. The molecule has 1 aliphatic carbocycles. The third-order valence-corrected chi connectivity index (χ3v) is 6.54. The highest BCUT2D eigenvalue weighted by Crippen LogP contribution is 2.39. The number of benzene rings is 1. The summed E-state index contributed by atoms with van der Waals surface area (Å²) >= 11 is 1.63. The molecule has 1 N–H and O–H groups in total. The quantitative estimate of drug-likeness (QED) is 0.882. The van der Waals surface area contributed by atoms with Crippen LogP contribution in [-0.4, -0.2) is 60.9 Å².